The maximum absolute atomic E-state index is 12.1. The minimum Gasteiger partial charge on any atom is -0.490 e. The van der Waals surface area contributed by atoms with Crippen LogP contribution in [0.1, 0.15) is 19.4 Å². The van der Waals surface area contributed by atoms with Crippen LogP contribution in [-0.4, -0.2) is 34.2 Å². The average molecular weight is 424 g/mol. The molecule has 0 aliphatic rings. The van der Waals surface area contributed by atoms with Crippen LogP contribution in [0.5, 0.6) is 11.5 Å². The summed E-state index contributed by atoms with van der Waals surface area (Å²) in [5.41, 5.74) is 1.22. The molecular weight excluding hydrogens is 404 g/mol. The van der Waals surface area contributed by atoms with Crippen molar-refractivity contribution in [1.29, 1.82) is 0 Å². The molecule has 10 heteroatoms. The van der Waals surface area contributed by atoms with E-state index in [1.54, 1.807) is 18.2 Å². The molecule has 1 aromatic heterocycles. The highest BCUT2D eigenvalue weighted by Gasteiger charge is 2.14. The highest BCUT2D eigenvalue weighted by Crippen LogP contribution is 2.32. The molecule has 160 valence electrons. The Kier molecular flexibility index (Phi) is 6.94. The number of nitrogens with zero attached hydrogens (tertiary/aromatic N) is 3. The van der Waals surface area contributed by atoms with Gasteiger partial charge in [-0.3, -0.25) is 20.2 Å². The van der Waals surface area contributed by atoms with Gasteiger partial charge in [-0.25, -0.2) is 0 Å². The zero-order valence-electron chi connectivity index (χ0n) is 16.9. The molecule has 2 aromatic carbocycles. The molecule has 0 fully saturated rings. The number of non-ortho nitro benzene ring substituents is 1. The van der Waals surface area contributed by atoms with Crippen molar-refractivity contribution < 1.29 is 23.6 Å². The molecule has 1 amide bonds. The van der Waals surface area contributed by atoms with Crippen LogP contribution in [0.2, 0.25) is 0 Å². The fraction of sp³-hybridized carbons (Fsp3) is 0.190. The van der Waals surface area contributed by atoms with Crippen LogP contribution in [0.4, 0.5) is 11.7 Å². The minimum absolute atomic E-state index is 0.0261. The second-order valence-corrected chi connectivity index (χ2v) is 6.11. The Morgan fingerprint density at radius 2 is 1.81 bits per heavy atom. The number of hydrogen-bond donors (Lipinski definition) is 1. The lowest BCUT2D eigenvalue weighted by Crippen LogP contribution is -2.07. The minimum atomic E-state index is -0.491. The highest BCUT2D eigenvalue weighted by molar-refractivity contribution is 6.00. The molecule has 3 rings (SSSR count). The summed E-state index contributed by atoms with van der Waals surface area (Å²) in [7, 11) is 0. The summed E-state index contributed by atoms with van der Waals surface area (Å²) >= 11 is 0. The molecule has 0 aliphatic carbocycles. The maximum atomic E-state index is 12.1. The summed E-state index contributed by atoms with van der Waals surface area (Å²) in [6.07, 6.45) is 2.77. The van der Waals surface area contributed by atoms with Gasteiger partial charge in [0.05, 0.1) is 18.1 Å². The van der Waals surface area contributed by atoms with Crippen LogP contribution < -0.4 is 14.8 Å². The third-order valence-electron chi connectivity index (χ3n) is 3.98. The van der Waals surface area contributed by atoms with Crippen molar-refractivity contribution in [2.45, 2.75) is 13.8 Å². The summed E-state index contributed by atoms with van der Waals surface area (Å²) in [6.45, 7) is 4.72. The Morgan fingerprint density at radius 1 is 1.10 bits per heavy atom. The molecule has 0 spiro atoms. The molecule has 10 nitrogen and oxygen atoms in total. The molecule has 0 radical (unpaired) electrons. The number of hydrogen-bond acceptors (Lipinski definition) is 8. The number of nitro benzene ring substituents is 1. The van der Waals surface area contributed by atoms with Gasteiger partial charge in [-0.15, -0.1) is 5.10 Å². The fourth-order valence-electron chi connectivity index (χ4n) is 2.60. The molecule has 0 unspecified atom stereocenters. The van der Waals surface area contributed by atoms with Crippen LogP contribution in [0.3, 0.4) is 0 Å². The predicted octanol–water partition coefficient (Wildman–Crippen LogP) is 4.09. The van der Waals surface area contributed by atoms with E-state index in [0.29, 0.717) is 35.8 Å². The number of carbonyl (C=O) groups excluding carboxylic acids is 1. The molecule has 0 bridgehead atoms. The van der Waals surface area contributed by atoms with Crippen LogP contribution in [-0.2, 0) is 4.79 Å². The summed E-state index contributed by atoms with van der Waals surface area (Å²) in [6, 6.07) is 10.9. The van der Waals surface area contributed by atoms with Gasteiger partial charge in [0.2, 0.25) is 5.89 Å². The molecule has 3 aromatic rings. The summed E-state index contributed by atoms with van der Waals surface area (Å²) < 4.78 is 16.6. The second-order valence-electron chi connectivity index (χ2n) is 6.11. The lowest BCUT2D eigenvalue weighted by molar-refractivity contribution is -0.384. The van der Waals surface area contributed by atoms with Crippen molar-refractivity contribution >= 4 is 23.7 Å². The van der Waals surface area contributed by atoms with Crippen molar-refractivity contribution in [3.8, 4) is 23.0 Å². The molecule has 0 saturated carbocycles. The Hall–Kier alpha value is -4.21. The second kappa shape index (κ2) is 10.0. The summed E-state index contributed by atoms with van der Waals surface area (Å²) in [5.74, 6) is 0.878. The van der Waals surface area contributed by atoms with Gasteiger partial charge in [-0.2, -0.15) is 0 Å². The van der Waals surface area contributed by atoms with Crippen molar-refractivity contribution in [3.05, 3.63) is 64.2 Å². The molecule has 1 N–H and O–H groups in total. The first-order valence-electron chi connectivity index (χ1n) is 9.47. The molecule has 0 saturated heterocycles. The maximum Gasteiger partial charge on any atom is 0.322 e. The zero-order chi connectivity index (χ0) is 22.2. The quantitative estimate of drug-likeness (QED) is 0.309. The first-order valence-corrected chi connectivity index (χ1v) is 9.47. The molecule has 0 aliphatic heterocycles. The molecular formula is C21H20N4O6. The average Bonchev–Trinajstić information content (AvgIpc) is 3.22. The molecule has 31 heavy (non-hydrogen) atoms. The number of nitro groups is 1. The van der Waals surface area contributed by atoms with E-state index in [0.717, 1.165) is 0 Å². The fourth-order valence-corrected chi connectivity index (χ4v) is 2.60. The number of rotatable bonds is 9. The van der Waals surface area contributed by atoms with E-state index >= 15 is 0 Å². The third-order valence-corrected chi connectivity index (χ3v) is 3.98. The van der Waals surface area contributed by atoms with Crippen molar-refractivity contribution in [2.75, 3.05) is 18.5 Å². The lowest BCUT2D eigenvalue weighted by Gasteiger charge is -2.11. The van der Waals surface area contributed by atoms with Gasteiger partial charge < -0.3 is 13.9 Å². The Balaban J connectivity index is 1.67. The van der Waals surface area contributed by atoms with E-state index in [-0.39, 0.29) is 17.6 Å². The number of nitrogens with one attached hydrogen (secondary N) is 1. The van der Waals surface area contributed by atoms with E-state index in [1.807, 2.05) is 13.8 Å². The van der Waals surface area contributed by atoms with Crippen LogP contribution in [0, 0.1) is 10.1 Å². The Labute approximate surface area is 177 Å². The van der Waals surface area contributed by atoms with Gasteiger partial charge in [-0.1, -0.05) is 5.10 Å². The van der Waals surface area contributed by atoms with Crippen LogP contribution in [0.15, 0.2) is 53.0 Å². The molecule has 1 heterocycles. The third kappa shape index (κ3) is 5.66. The number of amides is 1. The first-order chi connectivity index (χ1) is 15.0. The van der Waals surface area contributed by atoms with Crippen molar-refractivity contribution in [2.24, 2.45) is 0 Å². The van der Waals surface area contributed by atoms with Crippen molar-refractivity contribution in [1.82, 2.24) is 10.2 Å². The van der Waals surface area contributed by atoms with Gasteiger partial charge >= 0.3 is 6.01 Å². The van der Waals surface area contributed by atoms with E-state index < -0.39 is 10.8 Å². The van der Waals surface area contributed by atoms with E-state index in [2.05, 4.69) is 15.5 Å². The topological polar surface area (TPSA) is 130 Å². The number of carbonyl (C=O) groups is 1. The van der Waals surface area contributed by atoms with Crippen LogP contribution in [0.25, 0.3) is 17.5 Å². The van der Waals surface area contributed by atoms with Gasteiger partial charge in [0.25, 0.3) is 11.6 Å². The number of benzene rings is 2. The van der Waals surface area contributed by atoms with Crippen molar-refractivity contribution in [3.63, 3.8) is 0 Å². The normalized spacial score (nSPS) is 10.8. The summed E-state index contributed by atoms with van der Waals surface area (Å²) in [4.78, 5) is 22.3. The Morgan fingerprint density at radius 3 is 2.48 bits per heavy atom. The number of ether oxygens (including phenoxy) is 2. The Bertz CT molecular complexity index is 1090. The molecule has 0 atom stereocenters. The first kappa shape index (κ1) is 21.5. The number of anilines is 1. The van der Waals surface area contributed by atoms with Crippen LogP contribution >= 0.6 is 0 Å². The van der Waals surface area contributed by atoms with E-state index in [9.17, 15) is 14.9 Å². The lowest BCUT2D eigenvalue weighted by atomic mass is 10.2. The largest absolute Gasteiger partial charge is 0.490 e. The SMILES string of the molecule is CCOc1ccc(-c2nnc(NC(=O)/C=C/c3ccc([N+](=O)[O-])cc3)o2)cc1OCC. The van der Waals surface area contributed by atoms with E-state index in [1.165, 1.54) is 36.4 Å². The van der Waals surface area contributed by atoms with E-state index in [4.69, 9.17) is 13.9 Å². The van der Waals surface area contributed by atoms with Gasteiger partial charge in [0.1, 0.15) is 0 Å². The van der Waals surface area contributed by atoms with Gasteiger partial charge in [-0.05, 0) is 55.8 Å². The standard InChI is InChI=1S/C21H20N4O6/c1-3-29-17-11-8-15(13-18(17)30-4-2)20-23-24-21(31-20)22-19(26)12-7-14-5-9-16(10-6-14)25(27)28/h5-13H,3-4H2,1-2H3,(H,22,24,26)/b12-7+. The monoisotopic (exact) mass is 424 g/mol. The van der Waals surface area contributed by atoms with Gasteiger partial charge in [0.15, 0.2) is 11.5 Å². The number of aromatic nitrogens is 2. The van der Waals surface area contributed by atoms with Gasteiger partial charge in [0, 0.05) is 23.8 Å². The smallest absolute Gasteiger partial charge is 0.322 e. The zero-order valence-corrected chi connectivity index (χ0v) is 16.9. The predicted molar refractivity (Wildman–Crippen MR) is 113 cm³/mol. The highest BCUT2D eigenvalue weighted by atomic mass is 16.6. The summed E-state index contributed by atoms with van der Waals surface area (Å²) in [5, 5.41) is 20.9.